The number of H-pyrrole nitrogens is 1. The highest BCUT2D eigenvalue weighted by molar-refractivity contribution is 5.61. The summed E-state index contributed by atoms with van der Waals surface area (Å²) in [4.78, 5) is 22.2. The molecule has 2 aromatic heterocycles. The van der Waals surface area contributed by atoms with E-state index in [0.29, 0.717) is 17.3 Å². The minimum atomic E-state index is -0.319. The van der Waals surface area contributed by atoms with Gasteiger partial charge in [-0.3, -0.25) is 14.1 Å². The molecule has 0 bridgehead atoms. The van der Waals surface area contributed by atoms with Crippen LogP contribution in [0.15, 0.2) is 65.7 Å². The first-order valence-electron chi connectivity index (χ1n) is 9.85. The molecule has 1 saturated heterocycles. The second kappa shape index (κ2) is 7.18. The number of likely N-dealkylation sites (tertiary alicyclic amines) is 1. The maximum absolute atomic E-state index is 13.3. The molecule has 5 rings (SSSR count). The minimum Gasteiger partial charge on any atom is -0.321 e. The number of aromatic nitrogens is 3. The molecule has 2 aromatic carbocycles. The van der Waals surface area contributed by atoms with E-state index in [1.165, 1.54) is 30.5 Å². The lowest BCUT2D eigenvalue weighted by atomic mass is 9.90. The highest BCUT2D eigenvalue weighted by Gasteiger charge is 2.32. The lowest BCUT2D eigenvalue weighted by molar-refractivity contribution is 0.0979. The van der Waals surface area contributed by atoms with Crippen LogP contribution in [0.3, 0.4) is 0 Å². The summed E-state index contributed by atoms with van der Waals surface area (Å²) < 4.78 is 28.2. The van der Waals surface area contributed by atoms with E-state index in [2.05, 4.69) is 14.9 Å². The van der Waals surface area contributed by atoms with Crippen molar-refractivity contribution < 1.29 is 8.78 Å². The van der Waals surface area contributed by atoms with Gasteiger partial charge in [0.15, 0.2) is 0 Å². The van der Waals surface area contributed by atoms with Crippen molar-refractivity contribution in [1.82, 2.24) is 19.3 Å². The zero-order valence-electron chi connectivity index (χ0n) is 16.3. The van der Waals surface area contributed by atoms with Gasteiger partial charge in [0.1, 0.15) is 23.0 Å². The van der Waals surface area contributed by atoms with Crippen molar-refractivity contribution >= 4 is 5.52 Å². The fourth-order valence-electron chi connectivity index (χ4n) is 4.02. The predicted molar refractivity (Wildman–Crippen MR) is 110 cm³/mol. The number of aromatic amines is 1. The molecule has 0 saturated carbocycles. The van der Waals surface area contributed by atoms with Crippen LogP contribution in [0.5, 0.6) is 0 Å². The molecule has 0 aliphatic carbocycles. The Bertz CT molecular complexity index is 1260. The molecule has 1 fully saturated rings. The molecule has 0 spiro atoms. The van der Waals surface area contributed by atoms with Gasteiger partial charge in [0, 0.05) is 36.8 Å². The van der Waals surface area contributed by atoms with E-state index in [0.717, 1.165) is 29.9 Å². The molecule has 0 radical (unpaired) electrons. The summed E-state index contributed by atoms with van der Waals surface area (Å²) in [6.45, 7) is 3.72. The fourth-order valence-corrected chi connectivity index (χ4v) is 4.02. The highest BCUT2D eigenvalue weighted by atomic mass is 19.1. The lowest BCUT2D eigenvalue weighted by Gasteiger charge is -2.43. The van der Waals surface area contributed by atoms with Crippen LogP contribution in [0, 0.1) is 11.6 Å². The summed E-state index contributed by atoms with van der Waals surface area (Å²) in [5.74, 6) is 0.399. The normalized spacial score (nSPS) is 16.0. The Kier molecular flexibility index (Phi) is 4.47. The van der Waals surface area contributed by atoms with E-state index in [9.17, 15) is 13.6 Å². The van der Waals surface area contributed by atoms with Crippen LogP contribution in [0.4, 0.5) is 8.78 Å². The molecule has 1 unspecified atom stereocenters. The van der Waals surface area contributed by atoms with Crippen molar-refractivity contribution in [3.05, 3.63) is 94.2 Å². The van der Waals surface area contributed by atoms with Gasteiger partial charge in [-0.15, -0.1) is 0 Å². The molecular weight excluding hydrogens is 386 g/mol. The summed E-state index contributed by atoms with van der Waals surface area (Å²) in [5.41, 5.74) is 2.87. The first-order valence-corrected chi connectivity index (χ1v) is 9.85. The van der Waals surface area contributed by atoms with Crippen LogP contribution < -0.4 is 5.56 Å². The average Bonchev–Trinajstić information content (AvgIpc) is 3.13. The molecule has 1 N–H and O–H groups in total. The third-order valence-corrected chi connectivity index (χ3v) is 5.91. The van der Waals surface area contributed by atoms with Crippen LogP contribution in [0.2, 0.25) is 0 Å². The summed E-state index contributed by atoms with van der Waals surface area (Å²) in [7, 11) is 0. The minimum absolute atomic E-state index is 0.00210. The summed E-state index contributed by atoms with van der Waals surface area (Å²) in [5, 5.41) is 0. The van der Waals surface area contributed by atoms with Gasteiger partial charge in [-0.05, 0) is 48.9 Å². The van der Waals surface area contributed by atoms with E-state index in [-0.39, 0.29) is 23.2 Å². The number of imidazole rings is 1. The van der Waals surface area contributed by atoms with Gasteiger partial charge >= 0.3 is 0 Å². The van der Waals surface area contributed by atoms with E-state index in [1.54, 1.807) is 16.5 Å². The molecule has 0 amide bonds. The number of halogens is 2. The lowest BCUT2D eigenvalue weighted by Crippen LogP contribution is -2.46. The van der Waals surface area contributed by atoms with E-state index >= 15 is 0 Å². The van der Waals surface area contributed by atoms with Crippen LogP contribution in [-0.4, -0.2) is 32.4 Å². The Morgan fingerprint density at radius 2 is 1.67 bits per heavy atom. The SMILES string of the molecule is CC(c1cn2c(-c3ccc(F)cc3)ncc2c(=O)[nH]1)N1CC(c2ccc(F)cc2)C1. The largest absolute Gasteiger partial charge is 0.321 e. The van der Waals surface area contributed by atoms with Crippen LogP contribution in [0.1, 0.15) is 30.1 Å². The number of benzene rings is 2. The fraction of sp³-hybridized carbons (Fsp3) is 0.217. The number of rotatable bonds is 4. The predicted octanol–water partition coefficient (Wildman–Crippen LogP) is 4.13. The van der Waals surface area contributed by atoms with Crippen molar-refractivity contribution in [1.29, 1.82) is 0 Å². The number of nitrogens with one attached hydrogen (secondary N) is 1. The molecule has 4 aromatic rings. The van der Waals surface area contributed by atoms with Gasteiger partial charge in [-0.25, -0.2) is 13.8 Å². The first kappa shape index (κ1) is 18.7. The van der Waals surface area contributed by atoms with Gasteiger partial charge < -0.3 is 4.98 Å². The summed E-state index contributed by atoms with van der Waals surface area (Å²) >= 11 is 0. The van der Waals surface area contributed by atoms with Gasteiger partial charge in [0.25, 0.3) is 5.56 Å². The van der Waals surface area contributed by atoms with Crippen molar-refractivity contribution in [2.24, 2.45) is 0 Å². The molecule has 1 aliphatic heterocycles. The monoisotopic (exact) mass is 406 g/mol. The zero-order chi connectivity index (χ0) is 20.8. The Labute approximate surface area is 171 Å². The highest BCUT2D eigenvalue weighted by Crippen LogP contribution is 2.33. The van der Waals surface area contributed by atoms with Crippen molar-refractivity contribution in [3.8, 4) is 11.4 Å². The van der Waals surface area contributed by atoms with E-state index < -0.39 is 0 Å². The maximum Gasteiger partial charge on any atom is 0.274 e. The Morgan fingerprint density at radius 1 is 1.03 bits per heavy atom. The Hall–Kier alpha value is -3.32. The molecule has 7 heteroatoms. The number of fused-ring (bicyclic) bond motifs is 1. The topological polar surface area (TPSA) is 53.4 Å². The average molecular weight is 406 g/mol. The molecule has 152 valence electrons. The number of hydrogen-bond acceptors (Lipinski definition) is 3. The van der Waals surface area contributed by atoms with E-state index in [1.807, 2.05) is 25.3 Å². The van der Waals surface area contributed by atoms with Gasteiger partial charge in [0.2, 0.25) is 0 Å². The molecule has 5 nitrogen and oxygen atoms in total. The van der Waals surface area contributed by atoms with Crippen LogP contribution >= 0.6 is 0 Å². The Morgan fingerprint density at radius 3 is 2.33 bits per heavy atom. The first-order chi connectivity index (χ1) is 14.5. The van der Waals surface area contributed by atoms with Gasteiger partial charge in [-0.1, -0.05) is 12.1 Å². The maximum atomic E-state index is 13.3. The number of nitrogens with zero attached hydrogens (tertiary/aromatic N) is 3. The molecule has 1 aliphatic rings. The molecule has 1 atom stereocenters. The third-order valence-electron chi connectivity index (χ3n) is 5.91. The molecular formula is C23H20F2N4O. The zero-order valence-corrected chi connectivity index (χ0v) is 16.3. The third kappa shape index (κ3) is 3.21. The van der Waals surface area contributed by atoms with Crippen molar-refractivity contribution in [3.63, 3.8) is 0 Å². The van der Waals surface area contributed by atoms with Gasteiger partial charge in [-0.2, -0.15) is 0 Å². The van der Waals surface area contributed by atoms with Crippen LogP contribution in [-0.2, 0) is 0 Å². The molecule has 30 heavy (non-hydrogen) atoms. The standard InChI is InChI=1S/C23H20F2N4O/c1-14(28-11-17(12-28)15-2-6-18(24)7-3-15)20-13-29-21(23(30)27-20)10-26-22(29)16-4-8-19(25)9-5-16/h2-10,13-14,17H,11-12H2,1H3,(H,27,30). The van der Waals surface area contributed by atoms with Crippen molar-refractivity contribution in [2.45, 2.75) is 18.9 Å². The van der Waals surface area contributed by atoms with E-state index in [4.69, 9.17) is 0 Å². The quantitative estimate of drug-likeness (QED) is 0.555. The second-order valence-electron chi connectivity index (χ2n) is 7.76. The Balaban J connectivity index is 1.42. The molecule has 3 heterocycles. The smallest absolute Gasteiger partial charge is 0.274 e. The summed E-state index contributed by atoms with van der Waals surface area (Å²) in [6.07, 6.45) is 3.42. The van der Waals surface area contributed by atoms with Crippen LogP contribution in [0.25, 0.3) is 16.9 Å². The van der Waals surface area contributed by atoms with Gasteiger partial charge in [0.05, 0.1) is 11.9 Å². The van der Waals surface area contributed by atoms with Crippen molar-refractivity contribution in [2.75, 3.05) is 13.1 Å². The second-order valence-corrected chi connectivity index (χ2v) is 7.76. The number of hydrogen-bond donors (Lipinski definition) is 1. The summed E-state index contributed by atoms with van der Waals surface area (Å²) in [6, 6.07) is 12.7.